The molecule has 2 amide bonds. The summed E-state index contributed by atoms with van der Waals surface area (Å²) < 4.78 is 5.20. The monoisotopic (exact) mass is 302 g/mol. The molecule has 0 aliphatic carbocycles. The topological polar surface area (TPSA) is 96.4 Å². The van der Waals surface area contributed by atoms with Gasteiger partial charge >= 0.3 is 12.1 Å². The molecule has 8 nitrogen and oxygen atoms in total. The van der Waals surface area contributed by atoms with Crippen LogP contribution < -0.4 is 0 Å². The Morgan fingerprint density at radius 2 is 1.71 bits per heavy atom. The van der Waals surface area contributed by atoms with Crippen molar-refractivity contribution in [2.45, 2.75) is 26.4 Å². The van der Waals surface area contributed by atoms with Crippen molar-refractivity contribution >= 4 is 18.0 Å². The van der Waals surface area contributed by atoms with Gasteiger partial charge in [0.2, 0.25) is 0 Å². The van der Waals surface area contributed by atoms with E-state index in [1.807, 2.05) is 0 Å². The third-order valence-corrected chi connectivity index (χ3v) is 3.19. The minimum Gasteiger partial charge on any atom is -0.481 e. The van der Waals surface area contributed by atoms with Crippen LogP contribution >= 0.6 is 0 Å². The van der Waals surface area contributed by atoms with Gasteiger partial charge in [-0.1, -0.05) is 0 Å². The van der Waals surface area contributed by atoms with Gasteiger partial charge in [0.1, 0.15) is 5.60 Å². The van der Waals surface area contributed by atoms with E-state index in [2.05, 4.69) is 0 Å². The summed E-state index contributed by atoms with van der Waals surface area (Å²) in [6.45, 7) is 5.10. The number of likely N-dealkylation sites (tertiary alicyclic amines) is 1. The average molecular weight is 302 g/mol. The zero-order chi connectivity index (χ0) is 16.4. The van der Waals surface area contributed by atoms with Gasteiger partial charge in [-0.2, -0.15) is 0 Å². The van der Waals surface area contributed by atoms with E-state index in [1.54, 1.807) is 20.8 Å². The summed E-state index contributed by atoms with van der Waals surface area (Å²) in [5.74, 6) is -3.41. The molecule has 0 aromatic heterocycles. The summed E-state index contributed by atoms with van der Waals surface area (Å²) in [6, 6.07) is 0. The van der Waals surface area contributed by atoms with Crippen molar-refractivity contribution in [3.63, 3.8) is 0 Å². The highest BCUT2D eigenvalue weighted by Crippen LogP contribution is 2.27. The molecule has 0 aromatic rings. The van der Waals surface area contributed by atoms with E-state index in [0.29, 0.717) is 0 Å². The first-order chi connectivity index (χ1) is 9.56. The molecule has 1 aliphatic rings. The molecule has 21 heavy (non-hydrogen) atoms. The van der Waals surface area contributed by atoms with Crippen molar-refractivity contribution in [1.82, 2.24) is 9.96 Å². The van der Waals surface area contributed by atoms with E-state index in [0.717, 1.165) is 5.06 Å². The second kappa shape index (κ2) is 6.30. The SMILES string of the molecule is CON(C)C(=O)[C@H]1CN(C(=O)OC(C)(C)C)C[C@@H]1C(=O)O. The second-order valence-corrected chi connectivity index (χ2v) is 5.95. The molecule has 1 rings (SSSR count). The number of ether oxygens (including phenoxy) is 1. The third kappa shape index (κ3) is 4.32. The van der Waals surface area contributed by atoms with Crippen LogP contribution in [0.1, 0.15) is 20.8 Å². The number of carbonyl (C=O) groups is 3. The molecule has 0 saturated carbocycles. The molecule has 1 saturated heterocycles. The number of aliphatic carboxylic acids is 1. The van der Waals surface area contributed by atoms with Crippen LogP contribution in [0.2, 0.25) is 0 Å². The lowest BCUT2D eigenvalue weighted by molar-refractivity contribution is -0.176. The van der Waals surface area contributed by atoms with E-state index in [9.17, 15) is 19.5 Å². The summed E-state index contributed by atoms with van der Waals surface area (Å²) >= 11 is 0. The van der Waals surface area contributed by atoms with Gasteiger partial charge < -0.3 is 14.7 Å². The van der Waals surface area contributed by atoms with Gasteiger partial charge in [-0.3, -0.25) is 14.4 Å². The van der Waals surface area contributed by atoms with Crippen LogP contribution in [-0.4, -0.2) is 65.9 Å². The Balaban J connectivity index is 2.84. The first kappa shape index (κ1) is 17.2. The van der Waals surface area contributed by atoms with Crippen molar-refractivity contribution in [3.8, 4) is 0 Å². The molecule has 0 bridgehead atoms. The number of amides is 2. The fourth-order valence-corrected chi connectivity index (χ4v) is 2.10. The lowest BCUT2D eigenvalue weighted by atomic mass is 9.95. The molecule has 8 heteroatoms. The highest BCUT2D eigenvalue weighted by Gasteiger charge is 2.45. The maximum absolute atomic E-state index is 12.1. The smallest absolute Gasteiger partial charge is 0.410 e. The summed E-state index contributed by atoms with van der Waals surface area (Å²) in [4.78, 5) is 41.4. The van der Waals surface area contributed by atoms with E-state index in [1.165, 1.54) is 19.1 Å². The van der Waals surface area contributed by atoms with Crippen LogP contribution in [-0.2, 0) is 19.2 Å². The minimum atomic E-state index is -1.12. The van der Waals surface area contributed by atoms with E-state index in [-0.39, 0.29) is 13.1 Å². The van der Waals surface area contributed by atoms with Crippen LogP contribution in [0.4, 0.5) is 4.79 Å². The number of hydroxylamine groups is 2. The molecule has 0 spiro atoms. The van der Waals surface area contributed by atoms with Crippen LogP contribution in [0.5, 0.6) is 0 Å². The van der Waals surface area contributed by atoms with Crippen LogP contribution in [0.25, 0.3) is 0 Å². The zero-order valence-corrected chi connectivity index (χ0v) is 13.0. The first-order valence-corrected chi connectivity index (χ1v) is 6.59. The van der Waals surface area contributed by atoms with Gasteiger partial charge in [0.25, 0.3) is 5.91 Å². The van der Waals surface area contributed by atoms with Gasteiger partial charge in [0.15, 0.2) is 0 Å². The number of carboxylic acids is 1. The molecule has 0 aromatic carbocycles. The number of hydrogen-bond acceptors (Lipinski definition) is 5. The fourth-order valence-electron chi connectivity index (χ4n) is 2.10. The molecule has 1 fully saturated rings. The first-order valence-electron chi connectivity index (χ1n) is 6.59. The predicted octanol–water partition coefficient (Wildman–Crippen LogP) is 0.574. The Kier molecular flexibility index (Phi) is 5.16. The maximum Gasteiger partial charge on any atom is 0.410 e. The molecule has 1 N–H and O–H groups in total. The highest BCUT2D eigenvalue weighted by molar-refractivity contribution is 5.86. The predicted molar refractivity (Wildman–Crippen MR) is 72.2 cm³/mol. The molecule has 0 radical (unpaired) electrons. The van der Waals surface area contributed by atoms with Gasteiger partial charge in [0.05, 0.1) is 18.9 Å². The van der Waals surface area contributed by atoms with Crippen LogP contribution in [0, 0.1) is 11.8 Å². The number of rotatable bonds is 3. The fraction of sp³-hybridized carbons (Fsp3) is 0.769. The van der Waals surface area contributed by atoms with Crippen molar-refractivity contribution in [1.29, 1.82) is 0 Å². The van der Waals surface area contributed by atoms with Gasteiger partial charge in [-0.25, -0.2) is 9.86 Å². The summed E-state index contributed by atoms with van der Waals surface area (Å²) in [5, 5.41) is 10.2. The number of carbonyl (C=O) groups excluding carboxylic acids is 2. The molecule has 2 atom stereocenters. The lowest BCUT2D eigenvalue weighted by Crippen LogP contribution is -2.38. The highest BCUT2D eigenvalue weighted by atomic mass is 16.7. The Labute approximate surface area is 123 Å². The van der Waals surface area contributed by atoms with Crippen molar-refractivity contribution in [2.75, 3.05) is 27.2 Å². The average Bonchev–Trinajstić information content (AvgIpc) is 2.80. The molecular formula is C13H22N2O6. The molecule has 0 unspecified atom stereocenters. The Bertz CT molecular complexity index is 431. The van der Waals surface area contributed by atoms with E-state index < -0.39 is 35.4 Å². The summed E-state index contributed by atoms with van der Waals surface area (Å²) in [5.41, 5.74) is -0.679. The zero-order valence-electron chi connectivity index (χ0n) is 13.0. The van der Waals surface area contributed by atoms with Crippen molar-refractivity contribution in [2.24, 2.45) is 11.8 Å². The van der Waals surface area contributed by atoms with E-state index >= 15 is 0 Å². The molecular weight excluding hydrogens is 280 g/mol. The third-order valence-electron chi connectivity index (χ3n) is 3.19. The number of nitrogens with zero attached hydrogens (tertiary/aromatic N) is 2. The quantitative estimate of drug-likeness (QED) is 0.766. The summed E-state index contributed by atoms with van der Waals surface area (Å²) in [7, 11) is 2.71. The van der Waals surface area contributed by atoms with Gasteiger partial charge in [0, 0.05) is 20.1 Å². The molecule has 1 aliphatic heterocycles. The normalized spacial score (nSPS) is 22.0. The van der Waals surface area contributed by atoms with E-state index in [4.69, 9.17) is 9.57 Å². The molecule has 1 heterocycles. The Morgan fingerprint density at radius 3 is 2.14 bits per heavy atom. The lowest BCUT2D eigenvalue weighted by Gasteiger charge is -2.24. The standard InChI is InChI=1S/C13H22N2O6/c1-13(2,3)21-12(19)15-6-8(9(7-15)11(17)18)10(16)14(4)20-5/h8-9H,6-7H2,1-5H3,(H,17,18)/t8-,9-/m0/s1. The van der Waals surface area contributed by atoms with Crippen molar-refractivity contribution < 1.29 is 29.1 Å². The van der Waals surface area contributed by atoms with Crippen LogP contribution in [0.15, 0.2) is 0 Å². The van der Waals surface area contributed by atoms with Crippen LogP contribution in [0.3, 0.4) is 0 Å². The number of carboxylic acid groups (broad SMARTS) is 1. The number of hydrogen-bond donors (Lipinski definition) is 1. The van der Waals surface area contributed by atoms with Gasteiger partial charge in [-0.15, -0.1) is 0 Å². The van der Waals surface area contributed by atoms with Crippen molar-refractivity contribution in [3.05, 3.63) is 0 Å². The Hall–Kier alpha value is -1.83. The largest absolute Gasteiger partial charge is 0.481 e. The molecule has 120 valence electrons. The summed E-state index contributed by atoms with van der Waals surface area (Å²) in [6.07, 6.45) is -0.621. The second-order valence-electron chi connectivity index (χ2n) is 5.95. The maximum atomic E-state index is 12.1. The van der Waals surface area contributed by atoms with Gasteiger partial charge in [-0.05, 0) is 20.8 Å². The minimum absolute atomic E-state index is 0.00157. The Morgan fingerprint density at radius 1 is 1.19 bits per heavy atom.